The van der Waals surface area contributed by atoms with Crippen LogP contribution in [0.1, 0.15) is 6.92 Å². The van der Waals surface area contributed by atoms with Gasteiger partial charge in [0.15, 0.2) is 5.70 Å². The van der Waals surface area contributed by atoms with Crippen molar-refractivity contribution in [3.63, 3.8) is 0 Å². The van der Waals surface area contributed by atoms with Crippen molar-refractivity contribution in [2.24, 2.45) is 4.99 Å². The van der Waals surface area contributed by atoms with E-state index in [1.54, 1.807) is 0 Å². The number of hydrogen-bond acceptors (Lipinski definition) is 5. The number of carbonyl (C=O) groups is 1. The highest BCUT2D eigenvalue weighted by Crippen LogP contribution is 2.13. The zero-order valence-corrected chi connectivity index (χ0v) is 9.34. The van der Waals surface area contributed by atoms with Crippen molar-refractivity contribution in [2.45, 2.75) is 6.92 Å². The number of aliphatic imine (C=N–C) groups is 1. The minimum Gasteiger partial charge on any atom is -0.499 e. The second-order valence-electron chi connectivity index (χ2n) is 3.26. The van der Waals surface area contributed by atoms with Crippen LogP contribution in [0, 0.1) is 0 Å². The molecule has 0 spiro atoms. The Morgan fingerprint density at radius 1 is 1.41 bits per heavy atom. The molecule has 0 radical (unpaired) electrons. The van der Waals surface area contributed by atoms with Gasteiger partial charge in [0.2, 0.25) is 0 Å². The predicted molar refractivity (Wildman–Crippen MR) is 63.3 cm³/mol. The van der Waals surface area contributed by atoms with E-state index in [9.17, 15) is 4.79 Å². The number of cyclic esters (lactones) is 1. The smallest absolute Gasteiger partial charge is 0.368 e. The molecule has 0 bridgehead atoms. The Hall–Kier alpha value is -2.30. The van der Waals surface area contributed by atoms with Gasteiger partial charge in [-0.25, -0.2) is 4.79 Å². The number of rotatable bonds is 3. The molecule has 1 aromatic rings. The number of hydrogen-bond donors (Lipinski definition) is 1. The number of ether oxygens (including phenoxy) is 2. The predicted octanol–water partition coefficient (Wildman–Crippen LogP) is 1.89. The standard InChI is InChI=1S/C12H12N2O3/c1-2-16-8-10-11(15)17-12(14-10)13-9-6-4-3-5-7-9/h3-8H,2H2,1H3,(H,13,14)/b10-8+. The van der Waals surface area contributed by atoms with Gasteiger partial charge >= 0.3 is 12.0 Å². The number of nitrogens with one attached hydrogen (secondary N) is 1. The molecule has 1 aliphatic heterocycles. The van der Waals surface area contributed by atoms with Crippen LogP contribution in [0.25, 0.3) is 0 Å². The first-order valence-electron chi connectivity index (χ1n) is 5.24. The maximum atomic E-state index is 11.4. The molecule has 17 heavy (non-hydrogen) atoms. The highest BCUT2D eigenvalue weighted by molar-refractivity contribution is 6.08. The molecule has 1 N–H and O–H groups in total. The average Bonchev–Trinajstić information content (AvgIpc) is 2.68. The molecule has 1 aromatic carbocycles. The molecule has 0 saturated heterocycles. The van der Waals surface area contributed by atoms with Crippen LogP contribution in [-0.2, 0) is 14.3 Å². The second-order valence-corrected chi connectivity index (χ2v) is 3.26. The Labute approximate surface area is 98.8 Å². The van der Waals surface area contributed by atoms with E-state index in [0.29, 0.717) is 6.61 Å². The third-order valence-corrected chi connectivity index (χ3v) is 2.01. The summed E-state index contributed by atoms with van der Waals surface area (Å²) in [6, 6.07) is 9.50. The van der Waals surface area contributed by atoms with Crippen LogP contribution < -0.4 is 5.32 Å². The van der Waals surface area contributed by atoms with E-state index < -0.39 is 5.97 Å². The summed E-state index contributed by atoms with van der Waals surface area (Å²) in [5, 5.41) is 2.89. The molecule has 0 aliphatic carbocycles. The maximum Gasteiger partial charge on any atom is 0.368 e. The van der Waals surface area contributed by atoms with E-state index in [1.165, 1.54) is 6.26 Å². The van der Waals surface area contributed by atoms with Crippen molar-refractivity contribution in [2.75, 3.05) is 11.9 Å². The first-order valence-corrected chi connectivity index (χ1v) is 5.24. The van der Waals surface area contributed by atoms with E-state index in [-0.39, 0.29) is 11.7 Å². The van der Waals surface area contributed by atoms with Crippen molar-refractivity contribution in [1.29, 1.82) is 0 Å². The Balaban J connectivity index is 2.06. The minimum absolute atomic E-state index is 0.158. The Kier molecular flexibility index (Phi) is 3.40. The Morgan fingerprint density at radius 3 is 2.88 bits per heavy atom. The molecule has 0 aromatic heterocycles. The summed E-state index contributed by atoms with van der Waals surface area (Å²) in [4.78, 5) is 15.3. The summed E-state index contributed by atoms with van der Waals surface area (Å²) in [5.41, 5.74) is 0.960. The summed E-state index contributed by atoms with van der Waals surface area (Å²) in [6.45, 7) is 2.30. The van der Waals surface area contributed by atoms with Crippen LogP contribution in [0.2, 0.25) is 0 Å². The van der Waals surface area contributed by atoms with E-state index >= 15 is 0 Å². The zero-order chi connectivity index (χ0) is 12.1. The van der Waals surface area contributed by atoms with Crippen LogP contribution in [0.15, 0.2) is 47.3 Å². The molecule has 0 fully saturated rings. The average molecular weight is 232 g/mol. The molecule has 5 nitrogen and oxygen atoms in total. The summed E-state index contributed by atoms with van der Waals surface area (Å²) in [6.07, 6.45) is 1.29. The van der Waals surface area contributed by atoms with Crippen LogP contribution in [0.5, 0.6) is 0 Å². The SMILES string of the molecule is CCO/C=C1/N=C(Nc2ccccc2)OC1=O. The van der Waals surface area contributed by atoms with E-state index in [1.807, 2.05) is 37.3 Å². The molecular weight excluding hydrogens is 220 g/mol. The van der Waals surface area contributed by atoms with Gasteiger partial charge in [-0.05, 0) is 19.1 Å². The van der Waals surface area contributed by atoms with Gasteiger partial charge in [-0.3, -0.25) is 0 Å². The third-order valence-electron chi connectivity index (χ3n) is 2.01. The molecule has 2 rings (SSSR count). The fourth-order valence-electron chi connectivity index (χ4n) is 1.25. The van der Waals surface area contributed by atoms with Gasteiger partial charge in [-0.2, -0.15) is 4.99 Å². The number of esters is 1. The molecule has 0 atom stereocenters. The van der Waals surface area contributed by atoms with Gasteiger partial charge in [0.1, 0.15) is 6.26 Å². The third kappa shape index (κ3) is 2.84. The summed E-state index contributed by atoms with van der Waals surface area (Å²) in [7, 11) is 0. The van der Waals surface area contributed by atoms with Crippen molar-refractivity contribution >= 4 is 17.7 Å². The fourth-order valence-corrected chi connectivity index (χ4v) is 1.25. The Bertz CT molecular complexity index is 466. The highest BCUT2D eigenvalue weighted by Gasteiger charge is 2.23. The molecular formula is C12H12N2O3. The highest BCUT2D eigenvalue weighted by atomic mass is 16.6. The molecule has 0 amide bonds. The summed E-state index contributed by atoms with van der Waals surface area (Å²) >= 11 is 0. The van der Waals surface area contributed by atoms with Crippen LogP contribution in [0.3, 0.4) is 0 Å². The Morgan fingerprint density at radius 2 is 2.18 bits per heavy atom. The number of benzene rings is 1. The minimum atomic E-state index is -0.517. The first kappa shape index (κ1) is 11.2. The summed E-state index contributed by atoms with van der Waals surface area (Å²) in [5.74, 6) is -0.517. The lowest BCUT2D eigenvalue weighted by Crippen LogP contribution is -2.13. The van der Waals surface area contributed by atoms with Crippen LogP contribution in [-0.4, -0.2) is 18.6 Å². The number of nitrogens with zero attached hydrogens (tertiary/aromatic N) is 1. The lowest BCUT2D eigenvalue weighted by Gasteiger charge is -2.02. The van der Waals surface area contributed by atoms with Crippen molar-refractivity contribution in [3.05, 3.63) is 42.3 Å². The normalized spacial score (nSPS) is 16.6. The molecule has 5 heteroatoms. The van der Waals surface area contributed by atoms with Gasteiger partial charge < -0.3 is 14.8 Å². The molecule has 1 heterocycles. The van der Waals surface area contributed by atoms with E-state index in [4.69, 9.17) is 9.47 Å². The number of carbonyl (C=O) groups excluding carboxylic acids is 1. The van der Waals surface area contributed by atoms with Gasteiger partial charge in [-0.15, -0.1) is 0 Å². The molecule has 1 aliphatic rings. The van der Waals surface area contributed by atoms with Gasteiger partial charge in [0, 0.05) is 5.69 Å². The molecule has 0 unspecified atom stereocenters. The van der Waals surface area contributed by atoms with Crippen molar-refractivity contribution in [3.8, 4) is 0 Å². The van der Waals surface area contributed by atoms with Crippen LogP contribution in [0.4, 0.5) is 5.69 Å². The van der Waals surface area contributed by atoms with Gasteiger partial charge in [-0.1, -0.05) is 18.2 Å². The second kappa shape index (κ2) is 5.16. The van der Waals surface area contributed by atoms with Crippen LogP contribution >= 0.6 is 0 Å². The monoisotopic (exact) mass is 232 g/mol. The lowest BCUT2D eigenvalue weighted by molar-refractivity contribution is -0.130. The van der Waals surface area contributed by atoms with Gasteiger partial charge in [0.05, 0.1) is 6.61 Å². The number of para-hydroxylation sites is 1. The zero-order valence-electron chi connectivity index (χ0n) is 9.34. The van der Waals surface area contributed by atoms with E-state index in [0.717, 1.165) is 5.69 Å². The number of anilines is 1. The molecule has 0 saturated carbocycles. The van der Waals surface area contributed by atoms with Gasteiger partial charge in [0.25, 0.3) is 0 Å². The fraction of sp³-hybridized carbons (Fsp3) is 0.167. The first-order chi connectivity index (χ1) is 8.29. The van der Waals surface area contributed by atoms with Crippen molar-refractivity contribution in [1.82, 2.24) is 0 Å². The quantitative estimate of drug-likeness (QED) is 0.491. The lowest BCUT2D eigenvalue weighted by atomic mass is 10.3. The van der Waals surface area contributed by atoms with E-state index in [2.05, 4.69) is 10.3 Å². The molecule has 88 valence electrons. The maximum absolute atomic E-state index is 11.4. The number of amidine groups is 1. The van der Waals surface area contributed by atoms with Crippen molar-refractivity contribution < 1.29 is 14.3 Å². The summed E-state index contributed by atoms with van der Waals surface area (Å²) < 4.78 is 9.92. The topological polar surface area (TPSA) is 59.9 Å². The largest absolute Gasteiger partial charge is 0.499 e.